The maximum Gasteiger partial charge on any atom is 0.254 e. The van der Waals surface area contributed by atoms with Gasteiger partial charge in [0.1, 0.15) is 0 Å². The van der Waals surface area contributed by atoms with Gasteiger partial charge in [0.15, 0.2) is 5.82 Å². The summed E-state index contributed by atoms with van der Waals surface area (Å²) in [7, 11) is 0. The normalized spacial score (nSPS) is 9.88. The minimum absolute atomic E-state index is 0. The third-order valence-electron chi connectivity index (χ3n) is 1.98. The van der Waals surface area contributed by atoms with Gasteiger partial charge in [0.05, 0.1) is 11.8 Å². The average molecular weight is 284 g/mol. The third kappa shape index (κ3) is 5.30. The van der Waals surface area contributed by atoms with E-state index in [4.69, 9.17) is 5.73 Å². The second-order valence-electron chi connectivity index (χ2n) is 3.90. The summed E-state index contributed by atoms with van der Waals surface area (Å²) in [6.07, 6.45) is 2.37. The summed E-state index contributed by atoms with van der Waals surface area (Å²) in [6.45, 7) is 3.82. The Morgan fingerprint density at radius 3 is 2.59 bits per heavy atom. The number of hydrogen-bond donors (Lipinski definition) is 2. The smallest absolute Gasteiger partial charge is 0.254 e. The molecule has 0 aromatic carbocycles. The van der Waals surface area contributed by atoms with E-state index in [1.54, 1.807) is 13.8 Å². The molecule has 0 spiro atoms. The van der Waals surface area contributed by atoms with Crippen molar-refractivity contribution in [1.29, 1.82) is 0 Å². The summed E-state index contributed by atoms with van der Waals surface area (Å²) in [4.78, 5) is 15.2. The van der Waals surface area contributed by atoms with Crippen LogP contribution in [-0.4, -0.2) is 23.0 Å². The first-order chi connectivity index (χ1) is 6.96. The molecule has 98 valence electrons. The lowest BCUT2D eigenvalue weighted by atomic mass is 10.1. The molecule has 0 unspecified atom stereocenters. The lowest BCUT2D eigenvalue weighted by Gasteiger charge is -2.24. The van der Waals surface area contributed by atoms with Crippen molar-refractivity contribution in [1.82, 2.24) is 10.3 Å². The van der Waals surface area contributed by atoms with Gasteiger partial charge in [-0.3, -0.25) is 9.78 Å². The van der Waals surface area contributed by atoms with E-state index < -0.39 is 17.3 Å². The Bertz CT molecular complexity index is 374. The lowest BCUT2D eigenvalue weighted by molar-refractivity contribution is 0.0911. The van der Waals surface area contributed by atoms with Gasteiger partial charge >= 0.3 is 0 Å². The van der Waals surface area contributed by atoms with E-state index in [9.17, 15) is 9.18 Å². The standard InChI is InChI=1S/C10H14FN3O.2ClH/c1-10(2,6-12)14-9(15)7-3-4-13-5-8(7)11;;/h3-5H,6,12H2,1-2H3,(H,14,15);2*1H. The second kappa shape index (κ2) is 7.42. The fourth-order valence-electron chi connectivity index (χ4n) is 0.985. The Labute approximate surface area is 112 Å². The van der Waals surface area contributed by atoms with Crippen LogP contribution in [0.15, 0.2) is 18.5 Å². The van der Waals surface area contributed by atoms with Crippen LogP contribution in [0.5, 0.6) is 0 Å². The molecule has 1 heterocycles. The van der Waals surface area contributed by atoms with E-state index in [-0.39, 0.29) is 36.9 Å². The summed E-state index contributed by atoms with van der Waals surface area (Å²) in [5.41, 5.74) is 4.88. The van der Waals surface area contributed by atoms with E-state index in [1.165, 1.54) is 12.3 Å². The molecule has 0 aliphatic rings. The molecule has 17 heavy (non-hydrogen) atoms. The first-order valence-electron chi connectivity index (χ1n) is 4.58. The number of hydrogen-bond acceptors (Lipinski definition) is 3. The molecule has 1 aromatic heterocycles. The summed E-state index contributed by atoms with van der Waals surface area (Å²) in [5.74, 6) is -1.12. The quantitative estimate of drug-likeness (QED) is 0.884. The number of rotatable bonds is 3. The molecule has 0 bridgehead atoms. The van der Waals surface area contributed by atoms with Gasteiger partial charge < -0.3 is 11.1 Å². The van der Waals surface area contributed by atoms with Gasteiger partial charge in [0.2, 0.25) is 0 Å². The molecule has 1 aromatic rings. The van der Waals surface area contributed by atoms with Crippen LogP contribution in [0.2, 0.25) is 0 Å². The molecule has 7 heteroatoms. The Hall–Kier alpha value is -0.910. The fourth-order valence-corrected chi connectivity index (χ4v) is 0.985. The maximum atomic E-state index is 13.2. The van der Waals surface area contributed by atoms with Crippen molar-refractivity contribution < 1.29 is 9.18 Å². The molecule has 1 amide bonds. The van der Waals surface area contributed by atoms with Gasteiger partial charge in [-0.1, -0.05) is 0 Å². The SMILES string of the molecule is CC(C)(CN)NC(=O)c1ccncc1F.Cl.Cl. The van der Waals surface area contributed by atoms with Crippen molar-refractivity contribution in [3.63, 3.8) is 0 Å². The minimum atomic E-state index is -0.636. The molecule has 0 atom stereocenters. The van der Waals surface area contributed by atoms with Crippen molar-refractivity contribution in [3.8, 4) is 0 Å². The number of nitrogens with two attached hydrogens (primary N) is 1. The van der Waals surface area contributed by atoms with Crippen LogP contribution in [0.4, 0.5) is 4.39 Å². The van der Waals surface area contributed by atoms with E-state index >= 15 is 0 Å². The van der Waals surface area contributed by atoms with Crippen LogP contribution in [0.1, 0.15) is 24.2 Å². The zero-order valence-corrected chi connectivity index (χ0v) is 11.2. The zero-order chi connectivity index (χ0) is 11.5. The van der Waals surface area contributed by atoms with Crippen LogP contribution in [-0.2, 0) is 0 Å². The van der Waals surface area contributed by atoms with Crippen molar-refractivity contribution in [2.45, 2.75) is 19.4 Å². The van der Waals surface area contributed by atoms with Crippen molar-refractivity contribution in [2.75, 3.05) is 6.54 Å². The fraction of sp³-hybridized carbons (Fsp3) is 0.400. The molecular weight excluding hydrogens is 268 g/mol. The molecule has 0 saturated heterocycles. The molecule has 4 nitrogen and oxygen atoms in total. The predicted octanol–water partition coefficient (Wildman–Crippen LogP) is 1.53. The van der Waals surface area contributed by atoms with Crippen LogP contribution < -0.4 is 11.1 Å². The van der Waals surface area contributed by atoms with Gasteiger partial charge in [-0.2, -0.15) is 0 Å². The van der Waals surface area contributed by atoms with Gasteiger partial charge in [-0.25, -0.2) is 4.39 Å². The number of carbonyl (C=O) groups excluding carboxylic acids is 1. The molecule has 0 aliphatic carbocycles. The Kier molecular flexibility index (Phi) is 8.06. The number of carbonyl (C=O) groups is 1. The summed E-state index contributed by atoms with van der Waals surface area (Å²) in [5, 5.41) is 2.63. The largest absolute Gasteiger partial charge is 0.346 e. The van der Waals surface area contributed by atoms with Gasteiger partial charge in [0.25, 0.3) is 5.91 Å². The summed E-state index contributed by atoms with van der Waals surface area (Å²) >= 11 is 0. The van der Waals surface area contributed by atoms with E-state index in [2.05, 4.69) is 10.3 Å². The van der Waals surface area contributed by atoms with Crippen LogP contribution >= 0.6 is 24.8 Å². The minimum Gasteiger partial charge on any atom is -0.346 e. The highest BCUT2D eigenvalue weighted by Gasteiger charge is 2.20. The molecule has 1 rings (SSSR count). The first-order valence-corrected chi connectivity index (χ1v) is 4.58. The molecule has 0 radical (unpaired) electrons. The molecule has 0 saturated carbocycles. The average Bonchev–Trinajstić information content (AvgIpc) is 2.17. The van der Waals surface area contributed by atoms with Gasteiger partial charge in [0, 0.05) is 18.3 Å². The predicted molar refractivity (Wildman–Crippen MR) is 69.3 cm³/mol. The Morgan fingerprint density at radius 1 is 1.53 bits per heavy atom. The van der Waals surface area contributed by atoms with Gasteiger partial charge in [-0.15, -0.1) is 24.8 Å². The van der Waals surface area contributed by atoms with E-state index in [0.29, 0.717) is 0 Å². The Balaban J connectivity index is 0. The maximum absolute atomic E-state index is 13.2. The zero-order valence-electron chi connectivity index (χ0n) is 9.57. The number of amides is 1. The first kappa shape index (κ1) is 18.5. The Morgan fingerprint density at radius 2 is 2.12 bits per heavy atom. The highest BCUT2D eigenvalue weighted by atomic mass is 35.5. The summed E-state index contributed by atoms with van der Waals surface area (Å²) < 4.78 is 13.2. The van der Waals surface area contributed by atoms with Crippen molar-refractivity contribution in [2.24, 2.45) is 5.73 Å². The number of halogens is 3. The van der Waals surface area contributed by atoms with Crippen LogP contribution in [0, 0.1) is 5.82 Å². The number of aromatic nitrogens is 1. The van der Waals surface area contributed by atoms with Crippen molar-refractivity contribution in [3.05, 3.63) is 29.8 Å². The third-order valence-corrected chi connectivity index (χ3v) is 1.98. The monoisotopic (exact) mass is 283 g/mol. The van der Waals surface area contributed by atoms with E-state index in [1.807, 2.05) is 0 Å². The second-order valence-corrected chi connectivity index (χ2v) is 3.90. The lowest BCUT2D eigenvalue weighted by Crippen LogP contribution is -2.49. The molecular formula is C10H16Cl2FN3O. The number of pyridine rings is 1. The summed E-state index contributed by atoms with van der Waals surface area (Å²) in [6, 6.07) is 1.33. The molecule has 3 N–H and O–H groups in total. The van der Waals surface area contributed by atoms with Crippen LogP contribution in [0.25, 0.3) is 0 Å². The number of nitrogens with zero attached hydrogens (tertiary/aromatic N) is 1. The highest BCUT2D eigenvalue weighted by molar-refractivity contribution is 5.94. The molecule has 0 fully saturated rings. The molecule has 0 aliphatic heterocycles. The topological polar surface area (TPSA) is 68.0 Å². The number of nitrogens with one attached hydrogen (secondary N) is 1. The van der Waals surface area contributed by atoms with Gasteiger partial charge in [-0.05, 0) is 19.9 Å². The van der Waals surface area contributed by atoms with E-state index in [0.717, 1.165) is 6.20 Å². The van der Waals surface area contributed by atoms with Crippen LogP contribution in [0.3, 0.4) is 0 Å². The van der Waals surface area contributed by atoms with Crippen molar-refractivity contribution >= 4 is 30.7 Å². The highest BCUT2D eigenvalue weighted by Crippen LogP contribution is 2.07.